The second-order valence-electron chi connectivity index (χ2n) is 7.04. The molecule has 1 heterocycles. The smallest absolute Gasteiger partial charge is 0.0362 e. The first-order valence-corrected chi connectivity index (χ1v) is 9.44. The van der Waals surface area contributed by atoms with Crippen molar-refractivity contribution < 1.29 is 0 Å². The number of thiophene rings is 1. The Bertz CT molecular complexity index is 401. The molecule has 1 aliphatic rings. The van der Waals surface area contributed by atoms with Crippen LogP contribution in [0.1, 0.15) is 51.5 Å². The molecule has 1 aliphatic carbocycles. The van der Waals surface area contributed by atoms with E-state index in [1.165, 1.54) is 37.7 Å². The van der Waals surface area contributed by atoms with Crippen LogP contribution in [0.25, 0.3) is 0 Å². The van der Waals surface area contributed by atoms with Crippen LogP contribution in [0.2, 0.25) is 0 Å². The summed E-state index contributed by atoms with van der Waals surface area (Å²) in [5, 5.41) is 8.41. The molecule has 1 aromatic heterocycles. The Labute approximate surface area is 134 Å². The first-order chi connectivity index (χ1) is 10.1. The largest absolute Gasteiger partial charge is 0.312 e. The van der Waals surface area contributed by atoms with E-state index in [1.807, 2.05) is 11.3 Å². The normalized spacial score (nSPS) is 28.0. The highest BCUT2D eigenvalue weighted by Gasteiger charge is 2.43. The van der Waals surface area contributed by atoms with Crippen LogP contribution < -0.4 is 5.32 Å². The summed E-state index contributed by atoms with van der Waals surface area (Å²) in [6.45, 7) is 5.82. The van der Waals surface area contributed by atoms with Crippen LogP contribution in [0, 0.1) is 5.92 Å². The maximum atomic E-state index is 3.88. The zero-order valence-electron chi connectivity index (χ0n) is 14.2. The third-order valence-corrected chi connectivity index (χ3v) is 5.94. The van der Waals surface area contributed by atoms with Gasteiger partial charge < -0.3 is 10.2 Å². The molecule has 1 fully saturated rings. The summed E-state index contributed by atoms with van der Waals surface area (Å²) in [5.41, 5.74) is 1.81. The van der Waals surface area contributed by atoms with Gasteiger partial charge in [-0.1, -0.05) is 26.7 Å². The number of rotatable bonds is 7. The van der Waals surface area contributed by atoms with E-state index < -0.39 is 0 Å². The van der Waals surface area contributed by atoms with E-state index in [2.05, 4.69) is 55.0 Å². The van der Waals surface area contributed by atoms with E-state index >= 15 is 0 Å². The van der Waals surface area contributed by atoms with Gasteiger partial charge in [0.05, 0.1) is 0 Å². The summed E-state index contributed by atoms with van der Waals surface area (Å²) >= 11 is 1.82. The van der Waals surface area contributed by atoms with Crippen LogP contribution in [0.4, 0.5) is 0 Å². The summed E-state index contributed by atoms with van der Waals surface area (Å²) in [5.74, 6) is 0.842. The fraction of sp³-hybridized carbons (Fsp3) is 0.778. The van der Waals surface area contributed by atoms with E-state index in [0.717, 1.165) is 18.9 Å². The van der Waals surface area contributed by atoms with Crippen molar-refractivity contribution in [3.63, 3.8) is 0 Å². The van der Waals surface area contributed by atoms with Crippen molar-refractivity contribution in [2.24, 2.45) is 5.92 Å². The quantitative estimate of drug-likeness (QED) is 0.813. The van der Waals surface area contributed by atoms with E-state index in [1.54, 1.807) is 0 Å². The van der Waals surface area contributed by atoms with Crippen LogP contribution >= 0.6 is 11.3 Å². The third-order valence-electron chi connectivity index (χ3n) is 5.21. The van der Waals surface area contributed by atoms with Crippen LogP contribution in [0.5, 0.6) is 0 Å². The lowest BCUT2D eigenvalue weighted by atomic mass is 9.70. The molecule has 1 N–H and O–H groups in total. The molecule has 0 amide bonds. The Morgan fingerprint density at radius 1 is 1.48 bits per heavy atom. The highest BCUT2D eigenvalue weighted by Crippen LogP contribution is 2.39. The molecule has 1 saturated carbocycles. The first-order valence-electron chi connectivity index (χ1n) is 8.50. The van der Waals surface area contributed by atoms with Crippen molar-refractivity contribution in [2.45, 2.75) is 64.0 Å². The minimum absolute atomic E-state index is 0.314. The van der Waals surface area contributed by atoms with Gasteiger partial charge in [0.15, 0.2) is 0 Å². The van der Waals surface area contributed by atoms with Crippen molar-refractivity contribution >= 4 is 11.3 Å². The van der Waals surface area contributed by atoms with Gasteiger partial charge >= 0.3 is 0 Å². The lowest BCUT2D eigenvalue weighted by Crippen LogP contribution is -2.61. The maximum Gasteiger partial charge on any atom is 0.0362 e. The molecule has 2 rings (SSSR count). The molecule has 3 atom stereocenters. The average Bonchev–Trinajstić information content (AvgIpc) is 2.96. The number of likely N-dealkylation sites (N-methyl/N-ethyl adjacent to an activating group) is 1. The Morgan fingerprint density at radius 2 is 2.29 bits per heavy atom. The van der Waals surface area contributed by atoms with Crippen molar-refractivity contribution in [3.05, 3.63) is 22.4 Å². The predicted molar refractivity (Wildman–Crippen MR) is 94.2 cm³/mol. The van der Waals surface area contributed by atoms with Crippen LogP contribution in [0.15, 0.2) is 16.8 Å². The van der Waals surface area contributed by atoms with Crippen molar-refractivity contribution in [3.8, 4) is 0 Å². The third kappa shape index (κ3) is 4.08. The molecule has 3 heteroatoms. The summed E-state index contributed by atoms with van der Waals surface area (Å²) < 4.78 is 0. The number of hydrogen-bond donors (Lipinski definition) is 1. The van der Waals surface area contributed by atoms with Crippen LogP contribution in [-0.4, -0.2) is 37.1 Å². The molecule has 0 radical (unpaired) electrons. The van der Waals surface area contributed by atoms with Crippen molar-refractivity contribution in [1.29, 1.82) is 0 Å². The SMILES string of the molecule is CCCNC(Cc1ccsc1)C1(N(C)C)CCCC(C)C1. The molecule has 0 saturated heterocycles. The molecular formula is C18H32N2S. The van der Waals surface area contributed by atoms with Crippen molar-refractivity contribution in [2.75, 3.05) is 20.6 Å². The van der Waals surface area contributed by atoms with Crippen LogP contribution in [0.3, 0.4) is 0 Å². The Morgan fingerprint density at radius 3 is 2.86 bits per heavy atom. The standard InChI is InChI=1S/C18H32N2S/c1-5-10-19-17(12-16-8-11-21-14-16)18(20(3)4)9-6-7-15(2)13-18/h8,11,14-15,17,19H,5-7,9-10,12-13H2,1-4H3. The zero-order chi connectivity index (χ0) is 15.3. The minimum Gasteiger partial charge on any atom is -0.312 e. The van der Waals surface area contributed by atoms with Gasteiger partial charge in [-0.3, -0.25) is 0 Å². The lowest BCUT2D eigenvalue weighted by Gasteiger charge is -2.50. The molecule has 0 aliphatic heterocycles. The second-order valence-corrected chi connectivity index (χ2v) is 7.82. The van der Waals surface area contributed by atoms with Crippen molar-refractivity contribution in [1.82, 2.24) is 10.2 Å². The summed E-state index contributed by atoms with van der Waals surface area (Å²) in [6.07, 6.45) is 7.79. The van der Waals surface area contributed by atoms with Gasteiger partial charge in [0, 0.05) is 11.6 Å². The number of nitrogens with one attached hydrogen (secondary N) is 1. The molecular weight excluding hydrogens is 276 g/mol. The van der Waals surface area contributed by atoms with Gasteiger partial charge in [0.2, 0.25) is 0 Å². The van der Waals surface area contributed by atoms with E-state index in [-0.39, 0.29) is 0 Å². The zero-order valence-corrected chi connectivity index (χ0v) is 15.0. The van der Waals surface area contributed by atoms with Gasteiger partial charge in [-0.05, 0) is 74.6 Å². The number of hydrogen-bond acceptors (Lipinski definition) is 3. The fourth-order valence-corrected chi connectivity index (χ4v) is 4.70. The van der Waals surface area contributed by atoms with E-state index in [0.29, 0.717) is 11.6 Å². The Hall–Kier alpha value is -0.380. The predicted octanol–water partition coefficient (Wildman–Crippen LogP) is 4.17. The molecule has 2 nitrogen and oxygen atoms in total. The molecule has 0 bridgehead atoms. The molecule has 1 aromatic rings. The second kappa shape index (κ2) is 7.75. The van der Waals surface area contributed by atoms with Gasteiger partial charge in [-0.25, -0.2) is 0 Å². The van der Waals surface area contributed by atoms with Gasteiger partial charge in [-0.15, -0.1) is 0 Å². The fourth-order valence-electron chi connectivity index (χ4n) is 4.01. The Kier molecular flexibility index (Phi) is 6.27. The summed E-state index contributed by atoms with van der Waals surface area (Å²) in [7, 11) is 4.57. The Balaban J connectivity index is 2.21. The maximum absolute atomic E-state index is 3.88. The monoisotopic (exact) mass is 308 g/mol. The van der Waals surface area contributed by atoms with Gasteiger partial charge in [0.1, 0.15) is 0 Å². The lowest BCUT2D eigenvalue weighted by molar-refractivity contribution is 0.0374. The molecule has 0 spiro atoms. The molecule has 21 heavy (non-hydrogen) atoms. The highest BCUT2D eigenvalue weighted by molar-refractivity contribution is 7.07. The number of nitrogens with zero attached hydrogens (tertiary/aromatic N) is 1. The molecule has 0 aromatic carbocycles. The topological polar surface area (TPSA) is 15.3 Å². The van der Waals surface area contributed by atoms with Gasteiger partial charge in [0.25, 0.3) is 0 Å². The van der Waals surface area contributed by atoms with E-state index in [9.17, 15) is 0 Å². The summed E-state index contributed by atoms with van der Waals surface area (Å²) in [4.78, 5) is 2.52. The average molecular weight is 309 g/mol. The molecule has 3 unspecified atom stereocenters. The first kappa shape index (κ1) is 17.0. The summed E-state index contributed by atoms with van der Waals surface area (Å²) in [6, 6.07) is 2.85. The highest BCUT2D eigenvalue weighted by atomic mass is 32.1. The van der Waals surface area contributed by atoms with Crippen LogP contribution in [-0.2, 0) is 6.42 Å². The molecule has 120 valence electrons. The van der Waals surface area contributed by atoms with Gasteiger partial charge in [-0.2, -0.15) is 11.3 Å². The minimum atomic E-state index is 0.314. The van der Waals surface area contributed by atoms with E-state index in [4.69, 9.17) is 0 Å².